The van der Waals surface area contributed by atoms with E-state index in [1.54, 1.807) is 12.4 Å². The van der Waals surface area contributed by atoms with Gasteiger partial charge in [0.1, 0.15) is 11.5 Å². The number of nitrogens with zero attached hydrogens (tertiary/aromatic N) is 3. The first-order chi connectivity index (χ1) is 19.4. The Bertz CT molecular complexity index is 1290. The Hall–Kier alpha value is -3.65. The van der Waals surface area contributed by atoms with Gasteiger partial charge in [0.15, 0.2) is 6.10 Å². The Morgan fingerprint density at radius 3 is 2.22 bits per heavy atom. The molecule has 0 bridgehead atoms. The quantitative estimate of drug-likeness (QED) is 0.254. The molecule has 0 radical (unpaired) electrons. The molecular weight excluding hydrogens is 518 g/mol. The van der Waals surface area contributed by atoms with Gasteiger partial charge in [0.2, 0.25) is 0 Å². The minimum atomic E-state index is -1.16. The maximum absolute atomic E-state index is 12.6. The summed E-state index contributed by atoms with van der Waals surface area (Å²) < 4.78 is 17.8. The second-order valence-corrected chi connectivity index (χ2v) is 12.4. The Kier molecular flexibility index (Phi) is 9.53. The van der Waals surface area contributed by atoms with Crippen LogP contribution in [0.25, 0.3) is 11.3 Å². The highest BCUT2D eigenvalue weighted by atomic mass is 16.5. The first kappa shape index (κ1) is 30.3. The molecule has 1 aliphatic heterocycles. The molecule has 1 fully saturated rings. The molecule has 1 N–H and O–H groups in total. The lowest BCUT2D eigenvalue weighted by Gasteiger charge is -2.40. The van der Waals surface area contributed by atoms with Gasteiger partial charge in [-0.05, 0) is 70.2 Å². The third kappa shape index (κ3) is 8.19. The SMILES string of the molecule is Cc1ncc(-c2ccc(OCCCOc3ccccc3)cn2)c(N2CCC(C)(C)CC2)c1[C@H](OC(C)(C)C)C(=O)O. The van der Waals surface area contributed by atoms with Crippen molar-refractivity contribution < 1.29 is 24.1 Å². The molecule has 0 aliphatic carbocycles. The third-order valence-corrected chi connectivity index (χ3v) is 7.26. The number of rotatable bonds is 11. The molecule has 0 unspecified atom stereocenters. The summed E-state index contributed by atoms with van der Waals surface area (Å²) in [6.45, 7) is 14.7. The predicted molar refractivity (Wildman–Crippen MR) is 161 cm³/mol. The van der Waals surface area contributed by atoms with Crippen LogP contribution in [0.3, 0.4) is 0 Å². The fraction of sp³-hybridized carbons (Fsp3) is 0.485. The molecule has 220 valence electrons. The van der Waals surface area contributed by atoms with Crippen LogP contribution in [0.5, 0.6) is 11.5 Å². The number of ether oxygens (including phenoxy) is 3. The number of anilines is 1. The number of aryl methyl sites for hydroxylation is 1. The first-order valence-electron chi connectivity index (χ1n) is 14.4. The molecule has 8 heteroatoms. The molecule has 1 aliphatic rings. The van der Waals surface area contributed by atoms with Crippen molar-refractivity contribution in [1.29, 1.82) is 0 Å². The smallest absolute Gasteiger partial charge is 0.337 e. The maximum atomic E-state index is 12.6. The zero-order valence-electron chi connectivity index (χ0n) is 25.1. The van der Waals surface area contributed by atoms with E-state index in [1.807, 2.05) is 70.2 Å². The maximum Gasteiger partial charge on any atom is 0.337 e. The number of aliphatic carboxylic acids is 1. The molecule has 4 rings (SSSR count). The van der Waals surface area contributed by atoms with Crippen LogP contribution < -0.4 is 14.4 Å². The van der Waals surface area contributed by atoms with Gasteiger partial charge in [-0.3, -0.25) is 9.97 Å². The number of hydrogen-bond acceptors (Lipinski definition) is 7. The van der Waals surface area contributed by atoms with Crippen LogP contribution in [-0.4, -0.2) is 52.9 Å². The average Bonchev–Trinajstić information content (AvgIpc) is 2.92. The number of carboxylic acid groups (broad SMARTS) is 1. The van der Waals surface area contributed by atoms with Gasteiger partial charge in [0.05, 0.1) is 36.4 Å². The number of carbonyl (C=O) groups is 1. The van der Waals surface area contributed by atoms with Crippen molar-refractivity contribution in [2.45, 2.75) is 72.5 Å². The summed E-state index contributed by atoms with van der Waals surface area (Å²) in [5.41, 5.74) is 3.14. The van der Waals surface area contributed by atoms with Gasteiger partial charge < -0.3 is 24.2 Å². The number of hydrogen-bond donors (Lipinski definition) is 1. The fourth-order valence-electron chi connectivity index (χ4n) is 4.95. The number of aromatic nitrogens is 2. The van der Waals surface area contributed by atoms with E-state index in [2.05, 4.69) is 23.7 Å². The highest BCUT2D eigenvalue weighted by molar-refractivity contribution is 5.85. The fourth-order valence-corrected chi connectivity index (χ4v) is 4.95. The zero-order chi connectivity index (χ0) is 29.6. The monoisotopic (exact) mass is 561 g/mol. The normalized spacial score (nSPS) is 15.8. The molecular formula is C33H43N3O5. The first-order valence-corrected chi connectivity index (χ1v) is 14.4. The third-order valence-electron chi connectivity index (χ3n) is 7.26. The average molecular weight is 562 g/mol. The van der Waals surface area contributed by atoms with Gasteiger partial charge in [-0.2, -0.15) is 0 Å². The van der Waals surface area contributed by atoms with E-state index < -0.39 is 17.7 Å². The standard InChI is InChI=1S/C33H43N3O5/c1-23-28(30(31(37)38)41-32(2,3)4)29(36-17-15-33(5,6)16-18-36)26(22-34-23)27-14-13-25(21-35-27)40-20-10-19-39-24-11-8-7-9-12-24/h7-9,11-14,21-22,30H,10,15-20H2,1-6H3,(H,37,38)/t30-/m0/s1. The summed E-state index contributed by atoms with van der Waals surface area (Å²) in [5.74, 6) is 0.471. The Morgan fingerprint density at radius 1 is 0.976 bits per heavy atom. The minimum Gasteiger partial charge on any atom is -0.493 e. The van der Waals surface area contributed by atoms with Crippen LogP contribution in [0, 0.1) is 12.3 Å². The molecule has 3 aromatic rings. The number of benzene rings is 1. The van der Waals surface area contributed by atoms with Gasteiger partial charge in [0, 0.05) is 42.5 Å². The van der Waals surface area contributed by atoms with Gasteiger partial charge in [-0.25, -0.2) is 4.79 Å². The van der Waals surface area contributed by atoms with Crippen LogP contribution in [0.2, 0.25) is 0 Å². The lowest BCUT2D eigenvalue weighted by Crippen LogP contribution is -2.39. The van der Waals surface area contributed by atoms with Gasteiger partial charge in [-0.1, -0.05) is 32.0 Å². The van der Waals surface area contributed by atoms with Crippen molar-refractivity contribution in [2.75, 3.05) is 31.2 Å². The van der Waals surface area contributed by atoms with Gasteiger partial charge >= 0.3 is 5.97 Å². The minimum absolute atomic E-state index is 0.233. The zero-order valence-corrected chi connectivity index (χ0v) is 25.1. The van der Waals surface area contributed by atoms with E-state index in [4.69, 9.17) is 19.2 Å². The van der Waals surface area contributed by atoms with E-state index >= 15 is 0 Å². The molecule has 3 heterocycles. The van der Waals surface area contributed by atoms with E-state index in [-0.39, 0.29) is 5.41 Å². The number of pyridine rings is 2. The molecule has 0 amide bonds. The molecule has 1 saturated heterocycles. The van der Waals surface area contributed by atoms with Crippen LogP contribution in [-0.2, 0) is 9.53 Å². The topological polar surface area (TPSA) is 94.0 Å². The second kappa shape index (κ2) is 12.9. The molecule has 1 atom stereocenters. The molecule has 41 heavy (non-hydrogen) atoms. The number of piperidine rings is 1. The lowest BCUT2D eigenvalue weighted by atomic mass is 9.82. The van der Waals surface area contributed by atoms with Crippen molar-refractivity contribution in [3.8, 4) is 22.8 Å². The molecule has 0 saturated carbocycles. The number of carboxylic acids is 1. The van der Waals surface area contributed by atoms with E-state index in [0.29, 0.717) is 35.9 Å². The van der Waals surface area contributed by atoms with Crippen molar-refractivity contribution in [1.82, 2.24) is 9.97 Å². The van der Waals surface area contributed by atoms with Crippen molar-refractivity contribution in [2.24, 2.45) is 5.41 Å². The van der Waals surface area contributed by atoms with Crippen LogP contribution in [0.15, 0.2) is 54.9 Å². The van der Waals surface area contributed by atoms with Gasteiger partial charge in [-0.15, -0.1) is 0 Å². The molecule has 1 aromatic carbocycles. The summed E-state index contributed by atoms with van der Waals surface area (Å²) in [5, 5.41) is 10.3. The van der Waals surface area contributed by atoms with E-state index in [1.165, 1.54) is 0 Å². The summed E-state index contributed by atoms with van der Waals surface area (Å²) >= 11 is 0. The van der Waals surface area contributed by atoms with Crippen molar-refractivity contribution in [3.05, 3.63) is 66.1 Å². The summed E-state index contributed by atoms with van der Waals surface area (Å²) in [6.07, 6.45) is 5.08. The molecule has 2 aromatic heterocycles. The largest absolute Gasteiger partial charge is 0.493 e. The van der Waals surface area contributed by atoms with E-state index in [0.717, 1.165) is 49.4 Å². The summed E-state index contributed by atoms with van der Waals surface area (Å²) in [4.78, 5) is 24.2. The highest BCUT2D eigenvalue weighted by Gasteiger charge is 2.36. The summed E-state index contributed by atoms with van der Waals surface area (Å²) in [7, 11) is 0. The predicted octanol–water partition coefficient (Wildman–Crippen LogP) is 6.87. The lowest BCUT2D eigenvalue weighted by molar-refractivity contribution is -0.160. The highest BCUT2D eigenvalue weighted by Crippen LogP contribution is 2.43. The van der Waals surface area contributed by atoms with Crippen LogP contribution in [0.1, 0.15) is 71.2 Å². The van der Waals surface area contributed by atoms with Crippen LogP contribution >= 0.6 is 0 Å². The Labute approximate surface area is 243 Å². The van der Waals surface area contributed by atoms with E-state index in [9.17, 15) is 9.90 Å². The second-order valence-electron chi connectivity index (χ2n) is 12.4. The van der Waals surface area contributed by atoms with Crippen molar-refractivity contribution in [3.63, 3.8) is 0 Å². The Balaban J connectivity index is 1.58. The molecule has 8 nitrogen and oxygen atoms in total. The van der Waals surface area contributed by atoms with Crippen LogP contribution in [0.4, 0.5) is 5.69 Å². The number of para-hydroxylation sites is 1. The summed E-state index contributed by atoms with van der Waals surface area (Å²) in [6, 6.07) is 13.5. The van der Waals surface area contributed by atoms with Gasteiger partial charge in [0.25, 0.3) is 0 Å². The molecule has 0 spiro atoms. The Morgan fingerprint density at radius 2 is 1.63 bits per heavy atom. The van der Waals surface area contributed by atoms with Crippen molar-refractivity contribution >= 4 is 11.7 Å².